The van der Waals surface area contributed by atoms with Gasteiger partial charge in [0.05, 0.1) is 18.2 Å². The number of carbonyl (C=O) groups excluding carboxylic acids is 1. The van der Waals surface area contributed by atoms with Crippen LogP contribution in [0.25, 0.3) is 0 Å². The van der Waals surface area contributed by atoms with Crippen LogP contribution < -0.4 is 5.73 Å². The van der Waals surface area contributed by atoms with Crippen LogP contribution in [-0.2, 0) is 11.2 Å². The number of hydrogen-bond donors (Lipinski definition) is 1. The molecule has 4 heteroatoms. The van der Waals surface area contributed by atoms with Crippen molar-refractivity contribution >= 4 is 17.1 Å². The first-order chi connectivity index (χ1) is 6.00. The summed E-state index contributed by atoms with van der Waals surface area (Å²) < 4.78 is 0. The summed E-state index contributed by atoms with van der Waals surface area (Å²) in [6, 6.07) is -0.385. The van der Waals surface area contributed by atoms with Gasteiger partial charge in [-0.3, -0.25) is 4.79 Å². The highest BCUT2D eigenvalue weighted by Gasteiger charge is 2.12. The van der Waals surface area contributed by atoms with Crippen molar-refractivity contribution in [1.29, 1.82) is 0 Å². The highest BCUT2D eigenvalue weighted by atomic mass is 32.1. The van der Waals surface area contributed by atoms with Crippen molar-refractivity contribution < 1.29 is 4.79 Å². The first kappa shape index (κ1) is 10.3. The van der Waals surface area contributed by atoms with Crippen LogP contribution in [0.3, 0.4) is 0 Å². The molecule has 0 aliphatic carbocycles. The molecule has 72 valence electrons. The molecule has 0 fully saturated rings. The number of thiazole rings is 1. The average Bonchev–Trinajstić information content (AvgIpc) is 2.31. The highest BCUT2D eigenvalue weighted by Crippen LogP contribution is 2.17. The summed E-state index contributed by atoms with van der Waals surface area (Å²) in [7, 11) is 0. The van der Waals surface area contributed by atoms with Crippen molar-refractivity contribution in [3.63, 3.8) is 0 Å². The lowest BCUT2D eigenvalue weighted by Gasteiger charge is -2.00. The van der Waals surface area contributed by atoms with Gasteiger partial charge < -0.3 is 5.73 Å². The molecule has 0 aliphatic heterocycles. The van der Waals surface area contributed by atoms with Crippen LogP contribution in [0.1, 0.15) is 22.5 Å². The van der Waals surface area contributed by atoms with Crippen molar-refractivity contribution in [1.82, 2.24) is 4.98 Å². The van der Waals surface area contributed by atoms with Crippen molar-refractivity contribution in [2.75, 3.05) is 0 Å². The van der Waals surface area contributed by atoms with E-state index >= 15 is 0 Å². The number of nitrogens with zero attached hydrogens (tertiary/aromatic N) is 1. The first-order valence-electron chi connectivity index (χ1n) is 4.22. The van der Waals surface area contributed by atoms with Gasteiger partial charge in [-0.05, 0) is 20.8 Å². The van der Waals surface area contributed by atoms with Crippen LogP contribution in [-0.4, -0.2) is 16.8 Å². The van der Waals surface area contributed by atoms with Crippen LogP contribution in [0.15, 0.2) is 0 Å². The minimum atomic E-state index is -0.385. The molecule has 13 heavy (non-hydrogen) atoms. The third-order valence-corrected chi connectivity index (χ3v) is 2.98. The number of carbonyl (C=O) groups is 1. The summed E-state index contributed by atoms with van der Waals surface area (Å²) >= 11 is 1.57. The molecule has 0 bridgehead atoms. The SMILES string of the molecule is Cc1nc(CC(=O)C(C)N)sc1C. The smallest absolute Gasteiger partial charge is 0.156 e. The summed E-state index contributed by atoms with van der Waals surface area (Å²) in [5, 5.41) is 0.873. The predicted molar refractivity (Wildman–Crippen MR) is 53.9 cm³/mol. The van der Waals surface area contributed by atoms with Crippen molar-refractivity contribution in [3.05, 3.63) is 15.6 Å². The summed E-state index contributed by atoms with van der Waals surface area (Å²) in [4.78, 5) is 16.7. The third kappa shape index (κ3) is 2.60. The number of nitrogens with two attached hydrogens (primary N) is 1. The van der Waals surface area contributed by atoms with Gasteiger partial charge in [0, 0.05) is 4.88 Å². The summed E-state index contributed by atoms with van der Waals surface area (Å²) in [5.41, 5.74) is 6.47. The second-order valence-electron chi connectivity index (χ2n) is 3.18. The summed E-state index contributed by atoms with van der Waals surface area (Å²) in [6.07, 6.45) is 0.372. The molecule has 1 unspecified atom stereocenters. The Morgan fingerprint density at radius 2 is 2.23 bits per heavy atom. The fraction of sp³-hybridized carbons (Fsp3) is 0.556. The quantitative estimate of drug-likeness (QED) is 0.794. The molecule has 1 rings (SSSR count). The van der Waals surface area contributed by atoms with E-state index in [1.807, 2.05) is 13.8 Å². The van der Waals surface area contributed by atoms with Crippen LogP contribution in [0, 0.1) is 13.8 Å². The molecule has 0 aromatic carbocycles. The Hall–Kier alpha value is -0.740. The van der Waals surface area contributed by atoms with Crippen molar-refractivity contribution in [2.45, 2.75) is 33.2 Å². The molecule has 2 N–H and O–H groups in total. The molecule has 0 saturated carbocycles. The minimum Gasteiger partial charge on any atom is -0.322 e. The van der Waals surface area contributed by atoms with E-state index in [9.17, 15) is 4.79 Å². The van der Waals surface area contributed by atoms with Crippen molar-refractivity contribution in [3.8, 4) is 0 Å². The lowest BCUT2D eigenvalue weighted by molar-refractivity contribution is -0.119. The van der Waals surface area contributed by atoms with E-state index in [-0.39, 0.29) is 11.8 Å². The Morgan fingerprint density at radius 1 is 1.62 bits per heavy atom. The second-order valence-corrected chi connectivity index (χ2v) is 4.47. The molecule has 0 spiro atoms. The summed E-state index contributed by atoms with van der Waals surface area (Å²) in [6.45, 7) is 5.66. The minimum absolute atomic E-state index is 0.0498. The summed E-state index contributed by atoms with van der Waals surface area (Å²) in [5.74, 6) is 0.0498. The van der Waals surface area contributed by atoms with Crippen LogP contribution >= 0.6 is 11.3 Å². The Bertz CT molecular complexity index is 298. The standard InChI is InChI=1S/C9H14N2OS/c1-5(10)8(12)4-9-11-6(2)7(3)13-9/h5H,4,10H2,1-3H3. The number of aromatic nitrogens is 1. The Balaban J connectivity index is 2.70. The zero-order valence-corrected chi connectivity index (χ0v) is 8.94. The average molecular weight is 198 g/mol. The maximum atomic E-state index is 11.3. The van der Waals surface area contributed by atoms with E-state index in [4.69, 9.17) is 5.73 Å². The Labute approximate surface area is 82.0 Å². The van der Waals surface area contributed by atoms with E-state index < -0.39 is 0 Å². The topological polar surface area (TPSA) is 56.0 Å². The molecule has 1 aromatic rings. The van der Waals surface area contributed by atoms with Gasteiger partial charge in [0.15, 0.2) is 5.78 Å². The lowest BCUT2D eigenvalue weighted by Crippen LogP contribution is -2.28. The van der Waals surface area contributed by atoms with Crippen LogP contribution in [0.2, 0.25) is 0 Å². The zero-order valence-electron chi connectivity index (χ0n) is 8.13. The lowest BCUT2D eigenvalue weighted by atomic mass is 10.2. The number of rotatable bonds is 3. The van der Waals surface area contributed by atoms with Crippen molar-refractivity contribution in [2.24, 2.45) is 5.73 Å². The van der Waals surface area contributed by atoms with Gasteiger partial charge in [0.1, 0.15) is 5.01 Å². The molecule has 0 radical (unpaired) electrons. The molecule has 1 heterocycles. The van der Waals surface area contributed by atoms with E-state index in [0.29, 0.717) is 6.42 Å². The molecule has 1 atom stereocenters. The molecule has 0 aliphatic rings. The van der Waals surface area contributed by atoms with Gasteiger partial charge in [-0.15, -0.1) is 11.3 Å². The second kappa shape index (κ2) is 3.98. The van der Waals surface area contributed by atoms with E-state index in [1.165, 1.54) is 4.88 Å². The Kier molecular flexibility index (Phi) is 3.17. The van der Waals surface area contributed by atoms with Gasteiger partial charge >= 0.3 is 0 Å². The van der Waals surface area contributed by atoms with Gasteiger partial charge in [-0.1, -0.05) is 0 Å². The van der Waals surface area contributed by atoms with E-state index in [0.717, 1.165) is 10.7 Å². The fourth-order valence-electron chi connectivity index (χ4n) is 0.925. The monoisotopic (exact) mass is 198 g/mol. The number of Topliss-reactive ketones (excluding diaryl/α,β-unsaturated/α-hetero) is 1. The zero-order chi connectivity index (χ0) is 10.0. The van der Waals surface area contributed by atoms with E-state index in [1.54, 1.807) is 18.3 Å². The van der Waals surface area contributed by atoms with Crippen LogP contribution in [0.5, 0.6) is 0 Å². The highest BCUT2D eigenvalue weighted by molar-refractivity contribution is 7.11. The largest absolute Gasteiger partial charge is 0.322 e. The molecule has 0 amide bonds. The van der Waals surface area contributed by atoms with Gasteiger partial charge in [0.25, 0.3) is 0 Å². The van der Waals surface area contributed by atoms with Gasteiger partial charge in [-0.2, -0.15) is 0 Å². The third-order valence-electron chi connectivity index (χ3n) is 1.91. The van der Waals surface area contributed by atoms with E-state index in [2.05, 4.69) is 4.98 Å². The molecular formula is C9H14N2OS. The molecule has 3 nitrogen and oxygen atoms in total. The van der Waals surface area contributed by atoms with Gasteiger partial charge in [0.2, 0.25) is 0 Å². The normalized spacial score (nSPS) is 12.9. The number of ketones is 1. The number of hydrogen-bond acceptors (Lipinski definition) is 4. The fourth-order valence-corrected chi connectivity index (χ4v) is 1.87. The maximum absolute atomic E-state index is 11.3. The predicted octanol–water partition coefficient (Wildman–Crippen LogP) is 1.22. The molecule has 1 aromatic heterocycles. The number of aryl methyl sites for hydroxylation is 2. The maximum Gasteiger partial charge on any atom is 0.156 e. The molecule has 0 saturated heterocycles. The van der Waals surface area contributed by atoms with Gasteiger partial charge in [-0.25, -0.2) is 4.98 Å². The first-order valence-corrected chi connectivity index (χ1v) is 5.03. The Morgan fingerprint density at radius 3 is 2.62 bits per heavy atom. The molecular weight excluding hydrogens is 184 g/mol. The van der Waals surface area contributed by atoms with Crippen LogP contribution in [0.4, 0.5) is 0 Å².